The van der Waals surface area contributed by atoms with Gasteiger partial charge in [0.05, 0.1) is 6.10 Å². The van der Waals surface area contributed by atoms with Gasteiger partial charge in [0.2, 0.25) is 0 Å². The lowest BCUT2D eigenvalue weighted by atomic mass is 9.93. The van der Waals surface area contributed by atoms with Crippen molar-refractivity contribution in [2.24, 2.45) is 5.92 Å². The molecule has 2 saturated heterocycles. The van der Waals surface area contributed by atoms with Crippen LogP contribution in [0.15, 0.2) is 0 Å². The van der Waals surface area contributed by atoms with Crippen LogP contribution in [0.25, 0.3) is 0 Å². The lowest BCUT2D eigenvalue weighted by molar-refractivity contribution is -0.0392. The zero-order valence-electron chi connectivity index (χ0n) is 13.0. The van der Waals surface area contributed by atoms with Gasteiger partial charge in [-0.25, -0.2) is 0 Å². The third kappa shape index (κ3) is 4.44. The minimum absolute atomic E-state index is 0.494. The summed E-state index contributed by atoms with van der Waals surface area (Å²) in [5.74, 6) is 0.895. The Morgan fingerprint density at radius 1 is 1.21 bits per heavy atom. The van der Waals surface area contributed by atoms with Gasteiger partial charge >= 0.3 is 0 Å². The minimum atomic E-state index is 0.494. The van der Waals surface area contributed by atoms with Gasteiger partial charge in [-0.15, -0.1) is 0 Å². The first-order chi connectivity index (χ1) is 9.20. The summed E-state index contributed by atoms with van der Waals surface area (Å²) in [5, 5.41) is 3.47. The smallest absolute Gasteiger partial charge is 0.0587 e. The highest BCUT2D eigenvalue weighted by Crippen LogP contribution is 2.25. The molecule has 0 aromatic heterocycles. The van der Waals surface area contributed by atoms with Crippen LogP contribution in [-0.4, -0.2) is 49.3 Å². The molecule has 0 aliphatic carbocycles. The van der Waals surface area contributed by atoms with Gasteiger partial charge in [0.1, 0.15) is 0 Å². The number of hydrogen-bond acceptors (Lipinski definition) is 3. The van der Waals surface area contributed by atoms with Gasteiger partial charge in [-0.1, -0.05) is 6.92 Å². The van der Waals surface area contributed by atoms with Crippen molar-refractivity contribution in [2.75, 3.05) is 26.2 Å². The van der Waals surface area contributed by atoms with Gasteiger partial charge in [-0.2, -0.15) is 0 Å². The molecule has 0 spiro atoms. The zero-order chi connectivity index (χ0) is 13.7. The number of nitrogens with zero attached hydrogens (tertiary/aromatic N) is 1. The fraction of sp³-hybridized carbons (Fsp3) is 1.00. The molecule has 0 aromatic rings. The summed E-state index contributed by atoms with van der Waals surface area (Å²) in [6.45, 7) is 11.6. The van der Waals surface area contributed by atoms with E-state index in [0.717, 1.165) is 25.0 Å². The van der Waals surface area contributed by atoms with Crippen LogP contribution in [0.1, 0.15) is 52.9 Å². The first kappa shape index (κ1) is 15.3. The number of rotatable bonds is 5. The highest BCUT2D eigenvalue weighted by Gasteiger charge is 2.29. The number of nitrogens with one attached hydrogen (secondary N) is 1. The zero-order valence-corrected chi connectivity index (χ0v) is 13.0. The average molecular weight is 268 g/mol. The molecule has 0 aromatic carbocycles. The van der Waals surface area contributed by atoms with E-state index in [1.54, 1.807) is 0 Å². The Bertz CT molecular complexity index is 251. The van der Waals surface area contributed by atoms with Crippen molar-refractivity contribution in [1.29, 1.82) is 0 Å². The van der Waals surface area contributed by atoms with E-state index >= 15 is 0 Å². The molecule has 2 rings (SSSR count). The molecule has 0 bridgehead atoms. The average Bonchev–Trinajstić information content (AvgIpc) is 2.45. The Morgan fingerprint density at radius 2 is 1.95 bits per heavy atom. The monoisotopic (exact) mass is 268 g/mol. The minimum Gasteiger partial charge on any atom is -0.378 e. The van der Waals surface area contributed by atoms with E-state index in [1.165, 1.54) is 45.3 Å². The molecule has 0 amide bonds. The van der Waals surface area contributed by atoms with Gasteiger partial charge in [0.15, 0.2) is 0 Å². The Kier molecular flexibility index (Phi) is 6.11. The second-order valence-electron chi connectivity index (χ2n) is 6.56. The van der Waals surface area contributed by atoms with Crippen molar-refractivity contribution in [3.63, 3.8) is 0 Å². The van der Waals surface area contributed by atoms with Gasteiger partial charge in [-0.05, 0) is 65.0 Å². The summed E-state index contributed by atoms with van der Waals surface area (Å²) in [7, 11) is 0. The fourth-order valence-electron chi connectivity index (χ4n) is 3.59. The maximum Gasteiger partial charge on any atom is 0.0587 e. The molecule has 2 heterocycles. The fourth-order valence-corrected chi connectivity index (χ4v) is 3.59. The third-order valence-electron chi connectivity index (χ3n) is 4.85. The Morgan fingerprint density at radius 3 is 2.58 bits per heavy atom. The molecule has 2 fully saturated rings. The standard InChI is InChI=1S/C16H32N2O/c1-4-16-11-15(7-10-19-16)18(13(2)3)12-14-5-8-17-9-6-14/h13-17H,4-12H2,1-3H3. The molecule has 3 nitrogen and oxygen atoms in total. The van der Waals surface area contributed by atoms with Crippen LogP contribution in [0.5, 0.6) is 0 Å². The van der Waals surface area contributed by atoms with Crippen LogP contribution in [0.2, 0.25) is 0 Å². The van der Waals surface area contributed by atoms with Gasteiger partial charge in [0.25, 0.3) is 0 Å². The van der Waals surface area contributed by atoms with Gasteiger partial charge < -0.3 is 10.1 Å². The van der Waals surface area contributed by atoms with Crippen LogP contribution in [-0.2, 0) is 4.74 Å². The quantitative estimate of drug-likeness (QED) is 0.829. The predicted octanol–water partition coefficient (Wildman–Crippen LogP) is 2.65. The largest absolute Gasteiger partial charge is 0.378 e. The predicted molar refractivity (Wildman–Crippen MR) is 80.5 cm³/mol. The second-order valence-corrected chi connectivity index (χ2v) is 6.56. The summed E-state index contributed by atoms with van der Waals surface area (Å²) < 4.78 is 5.84. The van der Waals surface area contributed by atoms with Crippen LogP contribution >= 0.6 is 0 Å². The van der Waals surface area contributed by atoms with Crippen molar-refractivity contribution < 1.29 is 4.74 Å². The lowest BCUT2D eigenvalue weighted by Gasteiger charge is -2.42. The van der Waals surface area contributed by atoms with Crippen molar-refractivity contribution in [3.05, 3.63) is 0 Å². The highest BCUT2D eigenvalue weighted by atomic mass is 16.5. The summed E-state index contributed by atoms with van der Waals surface area (Å²) in [6.07, 6.45) is 6.82. The van der Waals surface area contributed by atoms with E-state index in [1.807, 2.05) is 0 Å². The maximum absolute atomic E-state index is 5.84. The van der Waals surface area contributed by atoms with Gasteiger partial charge in [-0.3, -0.25) is 4.90 Å². The number of ether oxygens (including phenoxy) is 1. The first-order valence-corrected chi connectivity index (χ1v) is 8.28. The van der Waals surface area contributed by atoms with Crippen molar-refractivity contribution in [2.45, 2.75) is 71.1 Å². The summed E-state index contributed by atoms with van der Waals surface area (Å²) in [5.41, 5.74) is 0. The Balaban J connectivity index is 1.90. The van der Waals surface area contributed by atoms with E-state index in [2.05, 4.69) is 31.0 Å². The maximum atomic E-state index is 5.84. The van der Waals surface area contributed by atoms with E-state index in [4.69, 9.17) is 4.74 Å². The Hall–Kier alpha value is -0.120. The molecule has 19 heavy (non-hydrogen) atoms. The molecule has 1 N–H and O–H groups in total. The first-order valence-electron chi connectivity index (χ1n) is 8.28. The normalized spacial score (nSPS) is 30.2. The molecule has 2 aliphatic rings. The molecule has 0 radical (unpaired) electrons. The van der Waals surface area contributed by atoms with Crippen molar-refractivity contribution in [1.82, 2.24) is 10.2 Å². The molecule has 112 valence electrons. The summed E-state index contributed by atoms with van der Waals surface area (Å²) >= 11 is 0. The van der Waals surface area contributed by atoms with Crippen molar-refractivity contribution in [3.8, 4) is 0 Å². The molecular weight excluding hydrogens is 236 g/mol. The molecule has 3 heteroatoms. The molecule has 2 unspecified atom stereocenters. The molecule has 2 atom stereocenters. The van der Waals surface area contributed by atoms with Crippen molar-refractivity contribution >= 4 is 0 Å². The highest BCUT2D eigenvalue weighted by molar-refractivity contribution is 4.83. The van der Waals surface area contributed by atoms with Crippen LogP contribution < -0.4 is 5.32 Å². The van der Waals surface area contributed by atoms with Crippen LogP contribution in [0.4, 0.5) is 0 Å². The van der Waals surface area contributed by atoms with E-state index < -0.39 is 0 Å². The van der Waals surface area contributed by atoms with Crippen LogP contribution in [0.3, 0.4) is 0 Å². The third-order valence-corrected chi connectivity index (χ3v) is 4.85. The number of piperidine rings is 1. The van der Waals surface area contributed by atoms with E-state index in [9.17, 15) is 0 Å². The topological polar surface area (TPSA) is 24.5 Å². The SMILES string of the molecule is CCC1CC(N(CC2CCNCC2)C(C)C)CCO1. The molecular formula is C16H32N2O. The summed E-state index contributed by atoms with van der Waals surface area (Å²) in [4.78, 5) is 2.77. The van der Waals surface area contributed by atoms with E-state index in [0.29, 0.717) is 12.1 Å². The second kappa shape index (κ2) is 7.61. The van der Waals surface area contributed by atoms with E-state index in [-0.39, 0.29) is 0 Å². The Labute approximate surface area is 119 Å². The summed E-state index contributed by atoms with van der Waals surface area (Å²) in [6, 6.07) is 1.41. The lowest BCUT2D eigenvalue weighted by Crippen LogP contribution is -2.48. The van der Waals surface area contributed by atoms with Gasteiger partial charge in [0, 0.05) is 25.2 Å². The number of hydrogen-bond donors (Lipinski definition) is 1. The van der Waals surface area contributed by atoms with Crippen LogP contribution in [0, 0.1) is 5.92 Å². The molecule has 2 aliphatic heterocycles. The molecule has 0 saturated carbocycles.